The number of benzene rings is 2. The SMILES string of the molecule is C[C@@H](O)[C@H]1C(=O)N2C(C(=O)O)=C(CN3c4ccc5cccc(CC[N+]67CC[N+](CC(N)=O)(CC6)CC7)c5c4CS3(=O)=O)[C@H](C)[C@H]12. The molecular formula is C32H41N5O7S+2. The van der Waals surface area contributed by atoms with Gasteiger partial charge in [-0.1, -0.05) is 31.2 Å². The number of carboxylic acid groups (broad SMARTS) is 1. The molecule has 0 unspecified atom stereocenters. The molecule has 0 saturated carbocycles. The number of rotatable bonds is 9. The summed E-state index contributed by atoms with van der Waals surface area (Å²) < 4.78 is 30.6. The number of primary amides is 1. The van der Waals surface area contributed by atoms with Crippen molar-refractivity contribution in [2.75, 3.05) is 63.2 Å². The van der Waals surface area contributed by atoms with E-state index < -0.39 is 45.9 Å². The number of carboxylic acids is 1. The molecule has 6 aliphatic heterocycles. The Labute approximate surface area is 262 Å². The number of carbonyl (C=O) groups is 3. The number of nitrogens with two attached hydrogens (primary N) is 1. The first-order chi connectivity index (χ1) is 21.3. The number of quaternary nitrogens is 2. The number of anilines is 1. The molecule has 6 heterocycles. The van der Waals surface area contributed by atoms with Gasteiger partial charge in [-0.25, -0.2) is 13.2 Å². The number of hydrogen-bond donors (Lipinski definition) is 3. The van der Waals surface area contributed by atoms with Gasteiger partial charge in [-0.05, 0) is 34.9 Å². The van der Waals surface area contributed by atoms with Crippen molar-refractivity contribution in [2.45, 2.75) is 38.2 Å². The molecule has 6 aliphatic rings. The Morgan fingerprint density at radius 1 is 1.07 bits per heavy atom. The van der Waals surface area contributed by atoms with E-state index in [9.17, 15) is 33.0 Å². The maximum absolute atomic E-state index is 13.8. The molecule has 4 N–H and O–H groups in total. The first-order valence-corrected chi connectivity index (χ1v) is 17.4. The number of amides is 2. The maximum Gasteiger partial charge on any atom is 0.352 e. The standard InChI is InChI=1S/C32H39N5O7S/c1-19-23(30(32(41)42)35-29(19)27(20(2)38)31(35)40)16-34-25-7-6-21-4-3-5-22(28(21)24(25)18-45(34,43)44)8-9-36-10-13-37(14-11-36,15-12-36)17-26(33)39/h3-7,19-20,27,29,38H,8-18H2,1-2H3,(H-2,33,39,41,42)/p+2/t19-,20+,27+,29+,36?,37?/m0/s1. The van der Waals surface area contributed by atoms with Crippen molar-refractivity contribution in [3.63, 3.8) is 0 Å². The zero-order chi connectivity index (χ0) is 32.1. The third-order valence-electron chi connectivity index (χ3n) is 11.5. The fraction of sp³-hybridized carbons (Fsp3) is 0.531. The van der Waals surface area contributed by atoms with Crippen LogP contribution in [0.2, 0.25) is 0 Å². The first kappa shape index (κ1) is 30.2. The van der Waals surface area contributed by atoms with E-state index in [2.05, 4.69) is 6.07 Å². The lowest BCUT2D eigenvalue weighted by atomic mass is 9.78. The molecule has 0 aromatic heterocycles. The molecule has 240 valence electrons. The molecule has 13 heteroatoms. The predicted octanol–water partition coefficient (Wildman–Crippen LogP) is 0.374. The predicted molar refractivity (Wildman–Crippen MR) is 166 cm³/mol. The number of aliphatic hydroxyl groups excluding tert-OH is 1. The Morgan fingerprint density at radius 2 is 1.73 bits per heavy atom. The summed E-state index contributed by atoms with van der Waals surface area (Å²) in [6, 6.07) is 9.31. The largest absolute Gasteiger partial charge is 0.477 e. The fourth-order valence-electron chi connectivity index (χ4n) is 8.92. The van der Waals surface area contributed by atoms with Gasteiger partial charge < -0.3 is 29.8 Å². The molecule has 2 aromatic rings. The van der Waals surface area contributed by atoms with Gasteiger partial charge in [0.15, 0.2) is 6.54 Å². The Kier molecular flexibility index (Phi) is 6.86. The molecule has 2 bridgehead atoms. The second kappa shape index (κ2) is 10.2. The van der Waals surface area contributed by atoms with Crippen LogP contribution < -0.4 is 10.0 Å². The van der Waals surface area contributed by atoms with E-state index in [0.29, 0.717) is 17.8 Å². The molecule has 4 atom stereocenters. The van der Waals surface area contributed by atoms with Gasteiger partial charge in [0, 0.05) is 17.9 Å². The molecule has 45 heavy (non-hydrogen) atoms. The smallest absolute Gasteiger partial charge is 0.352 e. The normalized spacial score (nSPS) is 32.1. The van der Waals surface area contributed by atoms with Crippen LogP contribution >= 0.6 is 0 Å². The van der Waals surface area contributed by atoms with Crippen LogP contribution in [0.25, 0.3) is 10.8 Å². The van der Waals surface area contributed by atoms with Gasteiger partial charge >= 0.3 is 5.97 Å². The summed E-state index contributed by atoms with van der Waals surface area (Å²) in [7, 11) is -3.83. The molecule has 4 fully saturated rings. The number of β-lactam (4-membered cyclic amide) rings is 1. The number of fused-ring (bicyclic) bond motifs is 7. The van der Waals surface area contributed by atoms with Crippen molar-refractivity contribution >= 4 is 44.3 Å². The highest BCUT2D eigenvalue weighted by molar-refractivity contribution is 7.92. The fourth-order valence-corrected chi connectivity index (χ4v) is 10.5. The number of sulfonamides is 1. The zero-order valence-electron chi connectivity index (χ0n) is 25.7. The lowest BCUT2D eigenvalue weighted by molar-refractivity contribution is -1.08. The van der Waals surface area contributed by atoms with Crippen molar-refractivity contribution < 1.29 is 42.0 Å². The number of aliphatic carboxylic acids is 1. The number of piperazine rings is 3. The summed E-state index contributed by atoms with van der Waals surface area (Å²) in [5.41, 5.74) is 8.12. The van der Waals surface area contributed by atoms with Crippen molar-refractivity contribution in [3.05, 3.63) is 52.7 Å². The molecule has 2 amide bonds. The van der Waals surface area contributed by atoms with Crippen molar-refractivity contribution in [2.24, 2.45) is 17.6 Å². The highest BCUT2D eigenvalue weighted by atomic mass is 32.2. The second-order valence-electron chi connectivity index (χ2n) is 13.9. The molecule has 12 nitrogen and oxygen atoms in total. The van der Waals surface area contributed by atoms with Crippen LogP contribution in [0.1, 0.15) is 25.0 Å². The van der Waals surface area contributed by atoms with Crippen LogP contribution in [-0.4, -0.2) is 121 Å². The van der Waals surface area contributed by atoms with Crippen molar-refractivity contribution in [1.82, 2.24) is 4.90 Å². The molecule has 2 aromatic carbocycles. The van der Waals surface area contributed by atoms with E-state index in [1.54, 1.807) is 13.0 Å². The van der Waals surface area contributed by atoms with E-state index in [0.717, 1.165) is 83.1 Å². The number of aliphatic hydroxyl groups is 1. The van der Waals surface area contributed by atoms with Crippen LogP contribution in [0, 0.1) is 11.8 Å². The Balaban J connectivity index is 1.19. The van der Waals surface area contributed by atoms with Crippen LogP contribution in [0.3, 0.4) is 0 Å². The Morgan fingerprint density at radius 3 is 2.36 bits per heavy atom. The average molecular weight is 640 g/mol. The summed E-state index contributed by atoms with van der Waals surface area (Å²) >= 11 is 0. The number of carbonyl (C=O) groups excluding carboxylic acids is 2. The van der Waals surface area contributed by atoms with Crippen molar-refractivity contribution in [3.8, 4) is 0 Å². The van der Waals surface area contributed by atoms with Gasteiger partial charge in [-0.2, -0.15) is 0 Å². The van der Waals surface area contributed by atoms with Gasteiger partial charge in [0.25, 0.3) is 5.91 Å². The first-order valence-electron chi connectivity index (χ1n) is 15.8. The third kappa shape index (κ3) is 4.57. The lowest BCUT2D eigenvalue weighted by Crippen LogP contribution is -2.76. The van der Waals surface area contributed by atoms with E-state index in [-0.39, 0.29) is 23.9 Å². The molecule has 4 saturated heterocycles. The van der Waals surface area contributed by atoms with Crippen LogP contribution in [0.5, 0.6) is 0 Å². The lowest BCUT2D eigenvalue weighted by Gasteiger charge is -2.55. The molecular weight excluding hydrogens is 598 g/mol. The van der Waals surface area contributed by atoms with Gasteiger partial charge in [-0.3, -0.25) is 13.9 Å². The number of nitrogens with zero attached hydrogens (tertiary/aromatic N) is 4. The summed E-state index contributed by atoms with van der Waals surface area (Å²) in [6.45, 7) is 10.3. The monoisotopic (exact) mass is 639 g/mol. The summed E-state index contributed by atoms with van der Waals surface area (Å²) in [5, 5.41) is 22.2. The third-order valence-corrected chi connectivity index (χ3v) is 13.1. The van der Waals surface area contributed by atoms with Gasteiger partial charge in [0.2, 0.25) is 15.9 Å². The van der Waals surface area contributed by atoms with E-state index >= 15 is 0 Å². The van der Waals surface area contributed by atoms with E-state index in [4.69, 9.17) is 5.73 Å². The highest BCUT2D eigenvalue weighted by Gasteiger charge is 2.60. The molecule has 0 radical (unpaired) electrons. The minimum absolute atomic E-state index is 0.163. The second-order valence-corrected chi connectivity index (χ2v) is 15.8. The van der Waals surface area contributed by atoms with Gasteiger partial charge in [0.1, 0.15) is 45.0 Å². The quantitative estimate of drug-likeness (QED) is 0.264. The molecule has 0 aliphatic carbocycles. The molecule has 0 spiro atoms. The van der Waals surface area contributed by atoms with E-state index in [1.165, 1.54) is 16.1 Å². The maximum atomic E-state index is 13.8. The number of hydrogen-bond acceptors (Lipinski definition) is 6. The van der Waals surface area contributed by atoms with Crippen molar-refractivity contribution in [1.29, 1.82) is 0 Å². The summed E-state index contributed by atoms with van der Waals surface area (Å²) in [6.07, 6.45) is -0.150. The van der Waals surface area contributed by atoms with Gasteiger partial charge in [0.05, 0.1) is 42.6 Å². The average Bonchev–Trinajstić information content (AvgIpc) is 3.39. The molecule has 8 rings (SSSR count). The van der Waals surface area contributed by atoms with Crippen LogP contribution in [-0.2, 0) is 36.6 Å². The Hall–Kier alpha value is -3.52. The van der Waals surface area contributed by atoms with E-state index in [1.807, 2.05) is 18.2 Å². The summed E-state index contributed by atoms with van der Waals surface area (Å²) in [4.78, 5) is 38.1. The summed E-state index contributed by atoms with van der Waals surface area (Å²) in [5.74, 6) is -3.29. The minimum Gasteiger partial charge on any atom is -0.477 e. The van der Waals surface area contributed by atoms with Crippen LogP contribution in [0.15, 0.2) is 41.6 Å². The zero-order valence-corrected chi connectivity index (χ0v) is 26.5. The Bertz CT molecular complexity index is 1760. The topological polar surface area (TPSA) is 158 Å². The van der Waals surface area contributed by atoms with Gasteiger partial charge in [-0.15, -0.1) is 0 Å². The highest BCUT2D eigenvalue weighted by Crippen LogP contribution is 2.49. The van der Waals surface area contributed by atoms with Crippen LogP contribution in [0.4, 0.5) is 5.69 Å². The minimum atomic E-state index is -3.83.